The fourth-order valence-electron chi connectivity index (χ4n) is 1.47. The minimum Gasteiger partial charge on any atom is -0.321 e. The predicted octanol–water partition coefficient (Wildman–Crippen LogP) is 4.15. The summed E-state index contributed by atoms with van der Waals surface area (Å²) in [6.45, 7) is 1.98. The first-order chi connectivity index (χ1) is 9.60. The van der Waals surface area contributed by atoms with Gasteiger partial charge in [-0.15, -0.1) is 0 Å². The van der Waals surface area contributed by atoms with Crippen LogP contribution in [-0.4, -0.2) is 21.6 Å². The first-order valence-electron chi connectivity index (χ1n) is 5.82. The maximum absolute atomic E-state index is 12.2. The molecule has 4 nitrogen and oxygen atoms in total. The van der Waals surface area contributed by atoms with Gasteiger partial charge >= 0.3 is 0 Å². The highest BCUT2D eigenvalue weighted by Crippen LogP contribution is 2.20. The number of nitrogens with zero attached hydrogens (tertiary/aromatic N) is 2. The highest BCUT2D eigenvalue weighted by Gasteiger charge is 2.14. The normalized spacial score (nSPS) is 10.3. The zero-order valence-electron chi connectivity index (χ0n) is 10.6. The zero-order valence-corrected chi connectivity index (χ0v) is 12.9. The third-order valence-corrected chi connectivity index (χ3v) is 3.55. The lowest BCUT2D eigenvalue weighted by Crippen LogP contribution is -2.15. The van der Waals surface area contributed by atoms with E-state index in [1.54, 1.807) is 24.3 Å². The van der Waals surface area contributed by atoms with Crippen molar-refractivity contribution in [3.63, 3.8) is 0 Å². The van der Waals surface area contributed by atoms with Crippen LogP contribution in [0.4, 0.5) is 5.69 Å². The van der Waals surface area contributed by atoms with Gasteiger partial charge in [-0.1, -0.05) is 48.0 Å². The highest BCUT2D eigenvalue weighted by atomic mass is 35.5. The first-order valence-corrected chi connectivity index (χ1v) is 7.56. The van der Waals surface area contributed by atoms with Gasteiger partial charge in [0, 0.05) is 10.7 Å². The third kappa shape index (κ3) is 3.85. The number of nitrogens with one attached hydrogen (secondary N) is 1. The SMILES string of the molecule is CCSc1ncc(Cl)c(C(=O)Nc2cccc(Cl)c2)n1. The molecule has 0 unspecified atom stereocenters. The van der Waals surface area contributed by atoms with Crippen molar-refractivity contribution < 1.29 is 4.79 Å². The summed E-state index contributed by atoms with van der Waals surface area (Å²) in [4.78, 5) is 20.4. The molecule has 0 bridgehead atoms. The van der Waals surface area contributed by atoms with E-state index in [0.717, 1.165) is 5.75 Å². The number of amides is 1. The van der Waals surface area contributed by atoms with Gasteiger partial charge in [0.25, 0.3) is 5.91 Å². The van der Waals surface area contributed by atoms with Gasteiger partial charge < -0.3 is 5.32 Å². The smallest absolute Gasteiger partial charge is 0.275 e. The monoisotopic (exact) mass is 327 g/mol. The standard InChI is InChI=1S/C13H11Cl2N3OS/c1-2-20-13-16-7-10(15)11(18-13)12(19)17-9-5-3-4-8(14)6-9/h3-7H,2H2,1H3,(H,17,19). The predicted molar refractivity (Wildman–Crippen MR) is 82.8 cm³/mol. The van der Waals surface area contributed by atoms with Gasteiger partial charge in [-0.25, -0.2) is 9.97 Å². The van der Waals surface area contributed by atoms with Crippen molar-refractivity contribution in [1.29, 1.82) is 0 Å². The van der Waals surface area contributed by atoms with Crippen molar-refractivity contribution in [2.24, 2.45) is 0 Å². The van der Waals surface area contributed by atoms with Gasteiger partial charge in [0.15, 0.2) is 10.9 Å². The lowest BCUT2D eigenvalue weighted by atomic mass is 10.3. The molecule has 0 aliphatic carbocycles. The van der Waals surface area contributed by atoms with E-state index in [-0.39, 0.29) is 10.7 Å². The largest absolute Gasteiger partial charge is 0.321 e. The van der Waals surface area contributed by atoms with Crippen LogP contribution in [0, 0.1) is 0 Å². The lowest BCUT2D eigenvalue weighted by Gasteiger charge is -2.07. The molecular formula is C13H11Cl2N3OS. The maximum Gasteiger partial charge on any atom is 0.275 e. The van der Waals surface area contributed by atoms with Crippen LogP contribution in [0.15, 0.2) is 35.6 Å². The molecule has 0 fully saturated rings. The molecule has 0 saturated heterocycles. The number of thioether (sulfide) groups is 1. The summed E-state index contributed by atoms with van der Waals surface area (Å²) in [5.41, 5.74) is 0.736. The quantitative estimate of drug-likeness (QED) is 0.677. The molecule has 20 heavy (non-hydrogen) atoms. The minimum atomic E-state index is -0.391. The third-order valence-electron chi connectivity index (χ3n) is 2.29. The number of rotatable bonds is 4. The van der Waals surface area contributed by atoms with Crippen molar-refractivity contribution in [2.45, 2.75) is 12.1 Å². The van der Waals surface area contributed by atoms with E-state index in [0.29, 0.717) is 15.9 Å². The first kappa shape index (κ1) is 15.1. The Bertz CT molecular complexity index is 637. The van der Waals surface area contributed by atoms with Crippen molar-refractivity contribution in [3.8, 4) is 0 Å². The fraction of sp³-hybridized carbons (Fsp3) is 0.154. The van der Waals surface area contributed by atoms with E-state index >= 15 is 0 Å². The Morgan fingerprint density at radius 3 is 2.90 bits per heavy atom. The van der Waals surface area contributed by atoms with E-state index in [2.05, 4.69) is 15.3 Å². The van der Waals surface area contributed by atoms with E-state index in [1.807, 2.05) is 6.92 Å². The number of hydrogen-bond acceptors (Lipinski definition) is 4. The van der Waals surface area contributed by atoms with Crippen LogP contribution in [-0.2, 0) is 0 Å². The van der Waals surface area contributed by atoms with Crippen LogP contribution < -0.4 is 5.32 Å². The molecule has 0 aliphatic rings. The van der Waals surface area contributed by atoms with Gasteiger partial charge in [0.2, 0.25) is 0 Å². The molecule has 1 aromatic heterocycles. The second-order valence-corrected chi connectivity index (χ2v) is 5.82. The molecule has 0 spiro atoms. The number of hydrogen-bond donors (Lipinski definition) is 1. The molecule has 0 saturated carbocycles. The van der Waals surface area contributed by atoms with Gasteiger partial charge in [0.05, 0.1) is 11.2 Å². The number of carbonyl (C=O) groups excluding carboxylic acids is 1. The number of halogens is 2. The Morgan fingerprint density at radius 2 is 2.20 bits per heavy atom. The summed E-state index contributed by atoms with van der Waals surface area (Å²) in [6, 6.07) is 6.86. The summed E-state index contributed by atoms with van der Waals surface area (Å²) in [5.74, 6) is 0.425. The van der Waals surface area contributed by atoms with Crippen LogP contribution in [0.3, 0.4) is 0 Å². The Morgan fingerprint density at radius 1 is 1.40 bits per heavy atom. The minimum absolute atomic E-state index is 0.151. The topological polar surface area (TPSA) is 54.9 Å². The van der Waals surface area contributed by atoms with Crippen LogP contribution in [0.5, 0.6) is 0 Å². The summed E-state index contributed by atoms with van der Waals surface area (Å²) in [5, 5.41) is 3.98. The van der Waals surface area contributed by atoms with Crippen LogP contribution in [0.25, 0.3) is 0 Å². The number of anilines is 1. The second-order valence-electron chi connectivity index (χ2n) is 3.75. The molecule has 104 valence electrons. The molecule has 7 heteroatoms. The molecule has 1 N–H and O–H groups in total. The highest BCUT2D eigenvalue weighted by molar-refractivity contribution is 7.99. The molecule has 2 rings (SSSR count). The Kier molecular flexibility index (Phi) is 5.23. The van der Waals surface area contributed by atoms with Gasteiger partial charge in [-0.3, -0.25) is 4.79 Å². The zero-order chi connectivity index (χ0) is 14.5. The molecule has 2 aromatic rings. The van der Waals surface area contributed by atoms with Gasteiger partial charge in [0.1, 0.15) is 0 Å². The number of aromatic nitrogens is 2. The molecule has 0 radical (unpaired) electrons. The van der Waals surface area contributed by atoms with Crippen molar-refractivity contribution in [2.75, 3.05) is 11.1 Å². The van der Waals surface area contributed by atoms with Crippen molar-refractivity contribution in [3.05, 3.63) is 46.2 Å². The fourth-order valence-corrected chi connectivity index (χ4v) is 2.37. The maximum atomic E-state index is 12.2. The Labute approximate surface area is 130 Å². The number of carbonyl (C=O) groups is 1. The number of benzene rings is 1. The molecular weight excluding hydrogens is 317 g/mol. The Balaban J connectivity index is 2.22. The summed E-state index contributed by atoms with van der Waals surface area (Å²) in [7, 11) is 0. The van der Waals surface area contributed by atoms with E-state index in [9.17, 15) is 4.79 Å². The molecule has 1 amide bonds. The summed E-state index contributed by atoms with van der Waals surface area (Å²) in [6.07, 6.45) is 1.43. The second kappa shape index (κ2) is 6.92. The van der Waals surface area contributed by atoms with E-state index in [4.69, 9.17) is 23.2 Å². The molecule has 0 atom stereocenters. The summed E-state index contributed by atoms with van der Waals surface area (Å²) < 4.78 is 0. The van der Waals surface area contributed by atoms with Crippen LogP contribution >= 0.6 is 35.0 Å². The average Bonchev–Trinajstić information content (AvgIpc) is 2.41. The average molecular weight is 328 g/mol. The Hall–Kier alpha value is -1.30. The molecule has 0 aliphatic heterocycles. The van der Waals surface area contributed by atoms with Crippen molar-refractivity contribution >= 4 is 46.6 Å². The van der Waals surface area contributed by atoms with Gasteiger partial charge in [-0.05, 0) is 24.0 Å². The van der Waals surface area contributed by atoms with E-state index in [1.165, 1.54) is 18.0 Å². The van der Waals surface area contributed by atoms with Gasteiger partial charge in [-0.2, -0.15) is 0 Å². The van der Waals surface area contributed by atoms with Crippen molar-refractivity contribution in [1.82, 2.24) is 9.97 Å². The van der Waals surface area contributed by atoms with E-state index < -0.39 is 5.91 Å². The molecule has 1 aromatic carbocycles. The van der Waals surface area contributed by atoms with Crippen LogP contribution in [0.1, 0.15) is 17.4 Å². The summed E-state index contributed by atoms with van der Waals surface area (Å²) >= 11 is 13.3. The lowest BCUT2D eigenvalue weighted by molar-refractivity contribution is 0.102. The van der Waals surface area contributed by atoms with Crippen LogP contribution in [0.2, 0.25) is 10.0 Å². The molecule has 1 heterocycles.